The lowest BCUT2D eigenvalue weighted by molar-refractivity contribution is -0.144. The van der Waals surface area contributed by atoms with Gasteiger partial charge in [-0.3, -0.25) is 4.79 Å². The highest BCUT2D eigenvalue weighted by atomic mass is 32.2. The number of rotatable bonds is 5. The van der Waals surface area contributed by atoms with E-state index in [1.807, 2.05) is 13.8 Å². The molecule has 5 nitrogen and oxygen atoms in total. The molecule has 2 N–H and O–H groups in total. The van der Waals surface area contributed by atoms with Crippen molar-refractivity contribution in [1.29, 1.82) is 0 Å². The molecule has 0 aromatic carbocycles. The molecule has 0 radical (unpaired) electrons. The monoisotopic (exact) mass is 247 g/mol. The van der Waals surface area contributed by atoms with Crippen LogP contribution in [-0.2, 0) is 9.53 Å². The number of nitrogens with zero attached hydrogens (tertiary/aromatic N) is 2. The molecule has 0 saturated carbocycles. The number of hydrogen-bond acceptors (Lipinski definition) is 7. The molecule has 0 spiro atoms. The Morgan fingerprint density at radius 1 is 1.67 bits per heavy atom. The van der Waals surface area contributed by atoms with E-state index in [0.29, 0.717) is 9.47 Å². The van der Waals surface area contributed by atoms with Gasteiger partial charge in [0.1, 0.15) is 0 Å². The second-order valence-electron chi connectivity index (χ2n) is 2.90. The van der Waals surface area contributed by atoms with Crippen molar-refractivity contribution >= 4 is 34.2 Å². The average Bonchev–Trinajstić information content (AvgIpc) is 2.61. The standard InChI is InChI=1S/C8H13N3O2S2/c1-3-5(2)13-6(12)4-14-8-11-10-7(9)15-8/h5H,3-4H2,1-2H3,(H2,9,10). The van der Waals surface area contributed by atoms with Crippen LogP contribution in [0, 0.1) is 0 Å². The summed E-state index contributed by atoms with van der Waals surface area (Å²) in [5.41, 5.74) is 5.40. The summed E-state index contributed by atoms with van der Waals surface area (Å²) in [5, 5.41) is 7.84. The highest BCUT2D eigenvalue weighted by Crippen LogP contribution is 2.23. The van der Waals surface area contributed by atoms with Gasteiger partial charge in [-0.15, -0.1) is 10.2 Å². The van der Waals surface area contributed by atoms with Gasteiger partial charge in [0, 0.05) is 0 Å². The van der Waals surface area contributed by atoms with Gasteiger partial charge < -0.3 is 10.5 Å². The summed E-state index contributed by atoms with van der Waals surface area (Å²) in [6.45, 7) is 3.84. The first-order valence-corrected chi connectivity index (χ1v) is 6.33. The van der Waals surface area contributed by atoms with Crippen LogP contribution in [0.2, 0.25) is 0 Å². The van der Waals surface area contributed by atoms with Gasteiger partial charge >= 0.3 is 5.97 Å². The van der Waals surface area contributed by atoms with Gasteiger partial charge in [-0.2, -0.15) is 0 Å². The molecule has 0 bridgehead atoms. The van der Waals surface area contributed by atoms with E-state index in [1.54, 1.807) is 0 Å². The molecule has 1 aromatic heterocycles. The molecule has 0 fully saturated rings. The lowest BCUT2D eigenvalue weighted by Crippen LogP contribution is -2.15. The first-order chi connectivity index (χ1) is 7.11. The first-order valence-electron chi connectivity index (χ1n) is 4.53. The second kappa shape index (κ2) is 5.92. The van der Waals surface area contributed by atoms with Crippen LogP contribution in [0.1, 0.15) is 20.3 Å². The highest BCUT2D eigenvalue weighted by Gasteiger charge is 2.10. The van der Waals surface area contributed by atoms with Crippen LogP contribution in [0.25, 0.3) is 0 Å². The number of nitrogen functional groups attached to an aromatic ring is 1. The fourth-order valence-corrected chi connectivity index (χ4v) is 2.16. The van der Waals surface area contributed by atoms with Crippen molar-refractivity contribution in [2.24, 2.45) is 0 Å². The van der Waals surface area contributed by atoms with Crippen LogP contribution in [-0.4, -0.2) is 28.0 Å². The number of ether oxygens (including phenoxy) is 1. The predicted octanol–water partition coefficient (Wildman–Crippen LogP) is 1.55. The van der Waals surface area contributed by atoms with E-state index in [0.717, 1.165) is 6.42 Å². The summed E-state index contributed by atoms with van der Waals surface area (Å²) in [6, 6.07) is 0. The maximum Gasteiger partial charge on any atom is 0.316 e. The van der Waals surface area contributed by atoms with E-state index in [4.69, 9.17) is 10.5 Å². The molecule has 0 saturated heterocycles. The Labute approximate surface area is 96.4 Å². The molecule has 1 atom stereocenters. The highest BCUT2D eigenvalue weighted by molar-refractivity contribution is 8.01. The minimum atomic E-state index is -0.233. The van der Waals surface area contributed by atoms with E-state index >= 15 is 0 Å². The smallest absolute Gasteiger partial charge is 0.316 e. The van der Waals surface area contributed by atoms with Crippen LogP contribution in [0.4, 0.5) is 5.13 Å². The largest absolute Gasteiger partial charge is 0.462 e. The van der Waals surface area contributed by atoms with Crippen molar-refractivity contribution in [2.45, 2.75) is 30.7 Å². The number of nitrogens with two attached hydrogens (primary N) is 1. The van der Waals surface area contributed by atoms with Crippen molar-refractivity contribution in [1.82, 2.24) is 10.2 Å². The fourth-order valence-electron chi connectivity index (χ4n) is 0.741. The lowest BCUT2D eigenvalue weighted by Gasteiger charge is -2.09. The van der Waals surface area contributed by atoms with Crippen molar-refractivity contribution in [2.75, 3.05) is 11.5 Å². The van der Waals surface area contributed by atoms with Gasteiger partial charge in [-0.25, -0.2) is 0 Å². The van der Waals surface area contributed by atoms with Crippen LogP contribution in [0.5, 0.6) is 0 Å². The maximum atomic E-state index is 11.3. The summed E-state index contributed by atoms with van der Waals surface area (Å²) < 4.78 is 5.78. The summed E-state index contributed by atoms with van der Waals surface area (Å²) in [5.74, 6) is 0.0158. The van der Waals surface area contributed by atoms with Gasteiger partial charge in [0.15, 0.2) is 4.34 Å². The SMILES string of the molecule is CCC(C)OC(=O)CSc1nnc(N)s1. The van der Waals surface area contributed by atoms with Crippen molar-refractivity contribution in [3.8, 4) is 0 Å². The normalized spacial score (nSPS) is 12.4. The minimum Gasteiger partial charge on any atom is -0.462 e. The molecular formula is C8H13N3O2S2. The molecule has 1 rings (SSSR count). The zero-order valence-electron chi connectivity index (χ0n) is 8.60. The van der Waals surface area contributed by atoms with Gasteiger partial charge in [-0.1, -0.05) is 30.0 Å². The molecular weight excluding hydrogens is 234 g/mol. The lowest BCUT2D eigenvalue weighted by atomic mass is 10.3. The molecule has 0 aliphatic carbocycles. The molecule has 7 heteroatoms. The summed E-state index contributed by atoms with van der Waals surface area (Å²) in [4.78, 5) is 11.3. The minimum absolute atomic E-state index is 0.0300. The van der Waals surface area contributed by atoms with Crippen LogP contribution in [0.3, 0.4) is 0 Å². The van der Waals surface area contributed by atoms with E-state index in [-0.39, 0.29) is 17.8 Å². The Morgan fingerprint density at radius 3 is 2.93 bits per heavy atom. The third-order valence-electron chi connectivity index (χ3n) is 1.64. The Kier molecular flexibility index (Phi) is 4.83. The zero-order chi connectivity index (χ0) is 11.3. The first kappa shape index (κ1) is 12.3. The molecule has 84 valence electrons. The average molecular weight is 247 g/mol. The van der Waals surface area contributed by atoms with Crippen molar-refractivity contribution in [3.63, 3.8) is 0 Å². The van der Waals surface area contributed by atoms with Crippen LogP contribution in [0.15, 0.2) is 4.34 Å². The number of thioether (sulfide) groups is 1. The maximum absolute atomic E-state index is 11.3. The van der Waals surface area contributed by atoms with Gasteiger partial charge in [0.25, 0.3) is 0 Å². The van der Waals surface area contributed by atoms with Gasteiger partial charge in [0.05, 0.1) is 11.9 Å². The number of carbonyl (C=O) groups is 1. The third-order valence-corrected chi connectivity index (χ3v) is 3.50. The Balaban J connectivity index is 2.28. The van der Waals surface area contributed by atoms with Crippen LogP contribution >= 0.6 is 23.1 Å². The Hall–Kier alpha value is -0.820. The van der Waals surface area contributed by atoms with Gasteiger partial charge in [-0.05, 0) is 13.3 Å². The second-order valence-corrected chi connectivity index (χ2v) is 5.14. The molecule has 1 unspecified atom stereocenters. The molecule has 0 aliphatic rings. The van der Waals surface area contributed by atoms with Crippen molar-refractivity contribution in [3.05, 3.63) is 0 Å². The summed E-state index contributed by atoms with van der Waals surface area (Å²) >= 11 is 2.56. The molecule has 0 aliphatic heterocycles. The number of carbonyl (C=O) groups excluding carboxylic acids is 1. The number of anilines is 1. The summed E-state index contributed by atoms with van der Waals surface area (Å²) in [6.07, 6.45) is 0.792. The third kappa shape index (κ3) is 4.48. The number of esters is 1. The van der Waals surface area contributed by atoms with Gasteiger partial charge in [0.2, 0.25) is 5.13 Å². The molecule has 1 aromatic rings. The Bertz CT molecular complexity index is 329. The Morgan fingerprint density at radius 2 is 2.40 bits per heavy atom. The van der Waals surface area contributed by atoms with Crippen LogP contribution < -0.4 is 5.73 Å². The number of aromatic nitrogens is 2. The molecule has 1 heterocycles. The van der Waals surface area contributed by atoms with E-state index in [2.05, 4.69) is 10.2 Å². The van der Waals surface area contributed by atoms with E-state index in [1.165, 1.54) is 23.1 Å². The number of hydrogen-bond donors (Lipinski definition) is 1. The quantitative estimate of drug-likeness (QED) is 0.628. The molecule has 15 heavy (non-hydrogen) atoms. The molecule has 0 amide bonds. The van der Waals surface area contributed by atoms with E-state index in [9.17, 15) is 4.79 Å². The van der Waals surface area contributed by atoms with E-state index < -0.39 is 0 Å². The van der Waals surface area contributed by atoms with Crippen molar-refractivity contribution < 1.29 is 9.53 Å². The predicted molar refractivity (Wildman–Crippen MR) is 60.9 cm³/mol. The topological polar surface area (TPSA) is 78.1 Å². The fraction of sp³-hybridized carbons (Fsp3) is 0.625. The zero-order valence-corrected chi connectivity index (χ0v) is 10.2. The summed E-state index contributed by atoms with van der Waals surface area (Å²) in [7, 11) is 0.